The fourth-order valence-corrected chi connectivity index (χ4v) is 4.98. The molecule has 7 heteroatoms. The summed E-state index contributed by atoms with van der Waals surface area (Å²) in [5.74, 6) is 1.16. The number of piperidine rings is 1. The first-order valence-electron chi connectivity index (χ1n) is 9.50. The number of aromatic nitrogens is 1. The monoisotopic (exact) mass is 382 g/mol. The van der Waals surface area contributed by atoms with Gasteiger partial charge in [-0.3, -0.25) is 9.69 Å². The Bertz CT molecular complexity index is 1010. The maximum absolute atomic E-state index is 12.6. The zero-order valence-electron chi connectivity index (χ0n) is 15.9. The average Bonchev–Trinajstić information content (AvgIpc) is 3.05. The number of nitrogens with zero attached hydrogens (tertiary/aromatic N) is 2. The molecule has 4 heterocycles. The molecule has 0 saturated carbocycles. The van der Waals surface area contributed by atoms with Crippen molar-refractivity contribution in [3.05, 3.63) is 57.5 Å². The molecular formula is C21H22N2O5. The van der Waals surface area contributed by atoms with Crippen LogP contribution in [0.15, 0.2) is 35.1 Å². The topological polar surface area (TPSA) is 70.0 Å². The number of esters is 1. The molecule has 146 valence electrons. The quantitative estimate of drug-likeness (QED) is 0.758. The molecule has 0 amide bonds. The standard InChI is InChI=1S/C21H22N2O5/c1-26-16-7-6-14-18(19(16)27-2)21(25)28-20(14)22-9-12-8-13(11-22)15-4-3-5-17(24)23(15)10-12/h3-7,12-13,20H,8-11H2,1-2H3/t12-,13+,20-/m1/s1. The summed E-state index contributed by atoms with van der Waals surface area (Å²) in [6.45, 7) is 2.23. The summed E-state index contributed by atoms with van der Waals surface area (Å²) in [6, 6.07) is 9.18. The van der Waals surface area contributed by atoms with Gasteiger partial charge in [0.1, 0.15) is 5.56 Å². The Hall–Kier alpha value is -2.80. The molecule has 2 aromatic rings. The van der Waals surface area contributed by atoms with Gasteiger partial charge in [0, 0.05) is 42.9 Å². The molecule has 5 rings (SSSR count). The molecule has 0 spiro atoms. The van der Waals surface area contributed by atoms with Crippen molar-refractivity contribution in [3.8, 4) is 11.5 Å². The van der Waals surface area contributed by atoms with Gasteiger partial charge in [-0.15, -0.1) is 0 Å². The highest BCUT2D eigenvalue weighted by Crippen LogP contribution is 2.46. The third-order valence-corrected chi connectivity index (χ3v) is 6.11. The summed E-state index contributed by atoms with van der Waals surface area (Å²) >= 11 is 0. The number of pyridine rings is 1. The van der Waals surface area contributed by atoms with E-state index in [0.29, 0.717) is 29.5 Å². The smallest absolute Gasteiger partial charge is 0.344 e. The maximum atomic E-state index is 12.6. The van der Waals surface area contributed by atoms with Crippen molar-refractivity contribution in [2.24, 2.45) is 5.92 Å². The molecule has 28 heavy (non-hydrogen) atoms. The van der Waals surface area contributed by atoms with Crippen LogP contribution < -0.4 is 15.0 Å². The van der Waals surface area contributed by atoms with E-state index in [0.717, 1.165) is 30.8 Å². The predicted molar refractivity (Wildman–Crippen MR) is 101 cm³/mol. The highest BCUT2D eigenvalue weighted by Gasteiger charge is 2.43. The third-order valence-electron chi connectivity index (χ3n) is 6.11. The number of rotatable bonds is 3. The average molecular weight is 382 g/mol. The van der Waals surface area contributed by atoms with Crippen molar-refractivity contribution >= 4 is 5.97 Å². The van der Waals surface area contributed by atoms with Gasteiger partial charge in [0.2, 0.25) is 0 Å². The van der Waals surface area contributed by atoms with E-state index in [1.807, 2.05) is 28.8 Å². The van der Waals surface area contributed by atoms with Crippen molar-refractivity contribution < 1.29 is 19.0 Å². The lowest BCUT2D eigenvalue weighted by molar-refractivity contribution is -0.0490. The summed E-state index contributed by atoms with van der Waals surface area (Å²) in [6.07, 6.45) is 0.619. The van der Waals surface area contributed by atoms with Gasteiger partial charge in [0.05, 0.1) is 14.2 Å². The minimum atomic E-state index is -0.436. The van der Waals surface area contributed by atoms with Crippen LogP contribution in [0.25, 0.3) is 0 Å². The third kappa shape index (κ3) is 2.46. The van der Waals surface area contributed by atoms with E-state index in [-0.39, 0.29) is 17.4 Å². The summed E-state index contributed by atoms with van der Waals surface area (Å²) in [5.41, 5.74) is 2.40. The minimum absolute atomic E-state index is 0.0649. The summed E-state index contributed by atoms with van der Waals surface area (Å²) in [4.78, 5) is 27.1. The number of hydrogen-bond acceptors (Lipinski definition) is 6. The number of ether oxygens (including phenoxy) is 3. The minimum Gasteiger partial charge on any atom is -0.493 e. The second-order valence-corrected chi connectivity index (χ2v) is 7.68. The van der Waals surface area contributed by atoms with Gasteiger partial charge in [-0.05, 0) is 30.5 Å². The highest BCUT2D eigenvalue weighted by atomic mass is 16.6. The van der Waals surface area contributed by atoms with E-state index < -0.39 is 6.23 Å². The number of cyclic esters (lactones) is 1. The molecule has 0 unspecified atom stereocenters. The summed E-state index contributed by atoms with van der Waals surface area (Å²) < 4.78 is 18.4. The van der Waals surface area contributed by atoms with Crippen LogP contribution in [0.2, 0.25) is 0 Å². The van der Waals surface area contributed by atoms with Gasteiger partial charge in [0.25, 0.3) is 5.56 Å². The van der Waals surface area contributed by atoms with Crippen LogP contribution in [0.1, 0.15) is 40.2 Å². The van der Waals surface area contributed by atoms with E-state index >= 15 is 0 Å². The Morgan fingerprint density at radius 1 is 1.04 bits per heavy atom. The maximum Gasteiger partial charge on any atom is 0.344 e. The van der Waals surface area contributed by atoms with Crippen molar-refractivity contribution in [1.29, 1.82) is 0 Å². The Kier molecular flexibility index (Phi) is 3.94. The van der Waals surface area contributed by atoms with Crippen LogP contribution in [-0.2, 0) is 11.3 Å². The lowest BCUT2D eigenvalue weighted by atomic mass is 9.83. The van der Waals surface area contributed by atoms with Crippen molar-refractivity contribution in [2.75, 3.05) is 27.3 Å². The molecule has 3 aliphatic rings. The lowest BCUT2D eigenvalue weighted by Gasteiger charge is -2.44. The number of methoxy groups -OCH3 is 2. The molecule has 3 atom stereocenters. The highest BCUT2D eigenvalue weighted by molar-refractivity contribution is 5.98. The zero-order chi connectivity index (χ0) is 19.4. The number of hydrogen-bond donors (Lipinski definition) is 0. The first-order chi connectivity index (χ1) is 13.6. The molecule has 7 nitrogen and oxygen atoms in total. The van der Waals surface area contributed by atoms with Crippen molar-refractivity contribution in [3.63, 3.8) is 0 Å². The Labute approximate surface area is 162 Å². The van der Waals surface area contributed by atoms with Crippen LogP contribution in [-0.4, -0.2) is 42.7 Å². The predicted octanol–water partition coefficient (Wildman–Crippen LogP) is 2.15. The second kappa shape index (κ2) is 6.38. The van der Waals surface area contributed by atoms with Crippen LogP contribution >= 0.6 is 0 Å². The van der Waals surface area contributed by atoms with Gasteiger partial charge in [-0.2, -0.15) is 0 Å². The number of likely N-dealkylation sites (tertiary alicyclic amines) is 1. The fraction of sp³-hybridized carbons (Fsp3) is 0.429. The van der Waals surface area contributed by atoms with E-state index in [1.54, 1.807) is 13.2 Å². The van der Waals surface area contributed by atoms with Crippen molar-refractivity contribution in [1.82, 2.24) is 9.47 Å². The normalized spacial score (nSPS) is 25.6. The fourth-order valence-electron chi connectivity index (χ4n) is 4.98. The second-order valence-electron chi connectivity index (χ2n) is 7.68. The Morgan fingerprint density at radius 3 is 2.68 bits per heavy atom. The number of carbonyl (C=O) groups excluding carboxylic acids is 1. The van der Waals surface area contributed by atoms with Crippen LogP contribution in [0, 0.1) is 5.92 Å². The first kappa shape index (κ1) is 17.3. The molecular weight excluding hydrogens is 360 g/mol. The van der Waals surface area contributed by atoms with E-state index in [4.69, 9.17) is 14.2 Å². The lowest BCUT2D eigenvalue weighted by Crippen LogP contribution is -2.48. The molecule has 0 aliphatic carbocycles. The van der Waals surface area contributed by atoms with E-state index in [9.17, 15) is 9.59 Å². The molecule has 0 N–H and O–H groups in total. The van der Waals surface area contributed by atoms with E-state index in [1.165, 1.54) is 7.11 Å². The molecule has 0 radical (unpaired) electrons. The SMILES string of the molecule is COc1ccc2c(c1OC)C(=O)O[C@H]2N1C[C@H]2C[C@@H](C1)c1cccc(=O)n1C2. The number of benzene rings is 1. The molecule has 1 aromatic heterocycles. The first-order valence-corrected chi connectivity index (χ1v) is 9.50. The molecule has 1 saturated heterocycles. The molecule has 2 bridgehead atoms. The summed E-state index contributed by atoms with van der Waals surface area (Å²) in [7, 11) is 3.08. The summed E-state index contributed by atoms with van der Waals surface area (Å²) in [5, 5.41) is 0. The van der Waals surface area contributed by atoms with Gasteiger partial charge in [0.15, 0.2) is 17.7 Å². The van der Waals surface area contributed by atoms with Gasteiger partial charge < -0.3 is 18.8 Å². The molecule has 1 aromatic carbocycles. The largest absolute Gasteiger partial charge is 0.493 e. The van der Waals surface area contributed by atoms with E-state index in [2.05, 4.69) is 4.90 Å². The number of fused-ring (bicyclic) bond motifs is 5. The van der Waals surface area contributed by atoms with Gasteiger partial charge >= 0.3 is 5.97 Å². The molecule has 1 fully saturated rings. The van der Waals surface area contributed by atoms with Gasteiger partial charge in [-0.1, -0.05) is 6.07 Å². The Morgan fingerprint density at radius 2 is 1.89 bits per heavy atom. The Balaban J connectivity index is 1.50. The van der Waals surface area contributed by atoms with Gasteiger partial charge in [-0.25, -0.2) is 4.79 Å². The van der Waals surface area contributed by atoms with Crippen LogP contribution in [0.5, 0.6) is 11.5 Å². The van der Waals surface area contributed by atoms with Crippen LogP contribution in [0.3, 0.4) is 0 Å². The molecule has 3 aliphatic heterocycles. The number of carbonyl (C=O) groups is 1. The van der Waals surface area contributed by atoms with Crippen molar-refractivity contribution in [2.45, 2.75) is 25.1 Å². The zero-order valence-corrected chi connectivity index (χ0v) is 15.9. The van der Waals surface area contributed by atoms with Crippen LogP contribution in [0.4, 0.5) is 0 Å².